The van der Waals surface area contributed by atoms with Crippen molar-refractivity contribution in [2.45, 2.75) is 33.2 Å². The van der Waals surface area contributed by atoms with Crippen LogP contribution in [0.2, 0.25) is 0 Å². The summed E-state index contributed by atoms with van der Waals surface area (Å²) in [6.07, 6.45) is 2.48. The number of nitrogens with one attached hydrogen (secondary N) is 3. The third-order valence-corrected chi connectivity index (χ3v) is 4.18. The highest BCUT2D eigenvalue weighted by molar-refractivity contribution is 14.0. The molecule has 0 spiro atoms. The maximum absolute atomic E-state index is 13.9. The third kappa shape index (κ3) is 7.11. The first-order valence-electron chi connectivity index (χ1n) is 8.92. The molecule has 1 atom stereocenters. The highest BCUT2D eigenvalue weighted by Crippen LogP contribution is 2.20. The number of guanidine groups is 1. The molecule has 9 heteroatoms. The quantitative estimate of drug-likeness (QED) is 0.253. The fourth-order valence-corrected chi connectivity index (χ4v) is 2.69. The van der Waals surface area contributed by atoms with Crippen LogP contribution in [-0.4, -0.2) is 56.1 Å². The van der Waals surface area contributed by atoms with Gasteiger partial charge < -0.3 is 20.9 Å². The lowest BCUT2D eigenvalue weighted by molar-refractivity contribution is -0.128. The lowest BCUT2D eigenvalue weighted by atomic mass is 9.96. The molecule has 2 heterocycles. The first-order valence-corrected chi connectivity index (χ1v) is 8.92. The van der Waals surface area contributed by atoms with Crippen molar-refractivity contribution in [2.24, 2.45) is 10.4 Å². The minimum atomic E-state index is -0.395. The Morgan fingerprint density at radius 3 is 2.70 bits per heavy atom. The minimum Gasteiger partial charge on any atom is -0.355 e. The van der Waals surface area contributed by atoms with Crippen LogP contribution in [0, 0.1) is 11.2 Å². The Morgan fingerprint density at radius 2 is 2.07 bits per heavy atom. The summed E-state index contributed by atoms with van der Waals surface area (Å²) in [4.78, 5) is 22.1. The normalized spacial score (nSPS) is 17.3. The van der Waals surface area contributed by atoms with Gasteiger partial charge in [-0.15, -0.1) is 24.0 Å². The van der Waals surface area contributed by atoms with Crippen LogP contribution in [0.4, 0.5) is 10.2 Å². The number of amides is 1. The number of nitrogens with zero attached hydrogens (tertiary/aromatic N) is 3. The SMILES string of the molecule is CN=C(NCCNC(=O)C(C)(C)C)NC1CCN(c2ncccc2F)C1.I. The van der Waals surface area contributed by atoms with Crippen LogP contribution in [-0.2, 0) is 4.79 Å². The Hall–Kier alpha value is -1.65. The number of hydrogen-bond acceptors (Lipinski definition) is 4. The molecule has 0 radical (unpaired) electrons. The smallest absolute Gasteiger partial charge is 0.225 e. The molecule has 0 aliphatic carbocycles. The van der Waals surface area contributed by atoms with E-state index in [1.165, 1.54) is 6.07 Å². The number of pyridine rings is 1. The van der Waals surface area contributed by atoms with E-state index in [2.05, 4.69) is 25.9 Å². The molecule has 1 saturated heterocycles. The van der Waals surface area contributed by atoms with E-state index in [0.29, 0.717) is 31.4 Å². The van der Waals surface area contributed by atoms with Gasteiger partial charge in [-0.05, 0) is 18.6 Å². The predicted octanol–water partition coefficient (Wildman–Crippen LogP) is 1.74. The molecule has 1 aromatic rings. The van der Waals surface area contributed by atoms with E-state index in [4.69, 9.17) is 0 Å². The summed E-state index contributed by atoms with van der Waals surface area (Å²) >= 11 is 0. The Bertz CT molecular complexity index is 649. The number of hydrogen-bond donors (Lipinski definition) is 3. The number of carbonyl (C=O) groups excluding carboxylic acids is 1. The fraction of sp³-hybridized carbons (Fsp3) is 0.611. The zero-order chi connectivity index (χ0) is 19.2. The van der Waals surface area contributed by atoms with E-state index in [9.17, 15) is 9.18 Å². The van der Waals surface area contributed by atoms with Gasteiger partial charge in [0.25, 0.3) is 0 Å². The molecule has 27 heavy (non-hydrogen) atoms. The lowest BCUT2D eigenvalue weighted by Gasteiger charge is -2.20. The molecular weight excluding hydrogens is 462 g/mol. The molecule has 1 fully saturated rings. The van der Waals surface area contributed by atoms with Gasteiger partial charge in [-0.25, -0.2) is 9.37 Å². The number of rotatable bonds is 5. The molecule has 7 nitrogen and oxygen atoms in total. The Morgan fingerprint density at radius 1 is 1.37 bits per heavy atom. The minimum absolute atomic E-state index is 0. The summed E-state index contributed by atoms with van der Waals surface area (Å²) in [5, 5.41) is 9.41. The molecule has 1 unspecified atom stereocenters. The first kappa shape index (κ1) is 23.4. The van der Waals surface area contributed by atoms with E-state index in [0.717, 1.165) is 13.0 Å². The summed E-state index contributed by atoms with van der Waals surface area (Å²) < 4.78 is 13.9. The van der Waals surface area contributed by atoms with Crippen LogP contribution in [0.1, 0.15) is 27.2 Å². The second-order valence-electron chi connectivity index (χ2n) is 7.39. The Kier molecular flexibility index (Phi) is 9.20. The van der Waals surface area contributed by atoms with Crippen LogP contribution in [0.25, 0.3) is 0 Å². The fourth-order valence-electron chi connectivity index (χ4n) is 2.69. The molecule has 1 aliphatic rings. The summed E-state index contributed by atoms with van der Waals surface area (Å²) in [6.45, 7) is 8.14. The van der Waals surface area contributed by atoms with Crippen molar-refractivity contribution in [2.75, 3.05) is 38.1 Å². The summed E-state index contributed by atoms with van der Waals surface area (Å²) in [7, 11) is 1.70. The topological polar surface area (TPSA) is 81.6 Å². The molecule has 0 bridgehead atoms. The second kappa shape index (κ2) is 10.6. The summed E-state index contributed by atoms with van der Waals surface area (Å²) in [5.41, 5.74) is -0.395. The van der Waals surface area contributed by atoms with E-state index < -0.39 is 5.41 Å². The van der Waals surface area contributed by atoms with E-state index in [1.807, 2.05) is 25.7 Å². The molecule has 152 valence electrons. The van der Waals surface area contributed by atoms with Gasteiger partial charge in [-0.1, -0.05) is 20.8 Å². The van der Waals surface area contributed by atoms with Gasteiger partial charge in [0.1, 0.15) is 0 Å². The van der Waals surface area contributed by atoms with Crippen LogP contribution in [0.15, 0.2) is 23.3 Å². The monoisotopic (exact) mass is 492 g/mol. The van der Waals surface area contributed by atoms with Gasteiger partial charge in [-0.3, -0.25) is 9.79 Å². The molecular formula is C18H30FIN6O. The number of halogens is 2. The van der Waals surface area contributed by atoms with Gasteiger partial charge >= 0.3 is 0 Å². The number of anilines is 1. The average Bonchev–Trinajstić information content (AvgIpc) is 3.05. The standard InChI is InChI=1S/C18H29FN6O.HI/c1-18(2,3)16(26)22-9-10-23-17(20-4)24-13-7-11-25(12-13)15-14(19)6-5-8-21-15;/h5-6,8,13H,7,9-12H2,1-4H3,(H,22,26)(H2,20,23,24);1H. The molecule has 2 rings (SSSR count). The number of aliphatic imine (C=N–C) groups is 1. The van der Waals surface area contributed by atoms with Crippen molar-refractivity contribution < 1.29 is 9.18 Å². The van der Waals surface area contributed by atoms with E-state index >= 15 is 0 Å². The van der Waals surface area contributed by atoms with Crippen molar-refractivity contribution in [3.05, 3.63) is 24.1 Å². The van der Waals surface area contributed by atoms with E-state index in [-0.39, 0.29) is 41.7 Å². The number of carbonyl (C=O) groups is 1. The number of aromatic nitrogens is 1. The van der Waals surface area contributed by atoms with Crippen molar-refractivity contribution in [3.8, 4) is 0 Å². The summed E-state index contributed by atoms with van der Waals surface area (Å²) in [5.74, 6) is 0.782. The van der Waals surface area contributed by atoms with Crippen molar-refractivity contribution >= 4 is 41.7 Å². The summed E-state index contributed by atoms with van der Waals surface area (Å²) in [6, 6.07) is 3.18. The zero-order valence-corrected chi connectivity index (χ0v) is 18.7. The molecule has 1 aromatic heterocycles. The van der Waals surface area contributed by atoms with Gasteiger partial charge in [0, 0.05) is 50.9 Å². The Labute approximate surface area is 177 Å². The van der Waals surface area contributed by atoms with E-state index in [1.54, 1.807) is 19.3 Å². The molecule has 1 amide bonds. The van der Waals surface area contributed by atoms with Crippen LogP contribution < -0.4 is 20.9 Å². The van der Waals surface area contributed by atoms with Gasteiger partial charge in [-0.2, -0.15) is 0 Å². The molecule has 3 N–H and O–H groups in total. The third-order valence-electron chi connectivity index (χ3n) is 4.18. The maximum atomic E-state index is 13.9. The second-order valence-corrected chi connectivity index (χ2v) is 7.39. The maximum Gasteiger partial charge on any atom is 0.225 e. The van der Waals surface area contributed by atoms with Crippen molar-refractivity contribution in [1.82, 2.24) is 20.9 Å². The van der Waals surface area contributed by atoms with Crippen molar-refractivity contribution in [3.63, 3.8) is 0 Å². The largest absolute Gasteiger partial charge is 0.355 e. The van der Waals surface area contributed by atoms with Gasteiger partial charge in [0.2, 0.25) is 5.91 Å². The zero-order valence-electron chi connectivity index (χ0n) is 16.4. The average molecular weight is 492 g/mol. The molecule has 1 aliphatic heterocycles. The van der Waals surface area contributed by atoms with Gasteiger partial charge in [0.05, 0.1) is 0 Å². The van der Waals surface area contributed by atoms with Crippen LogP contribution in [0.5, 0.6) is 0 Å². The van der Waals surface area contributed by atoms with Crippen LogP contribution in [0.3, 0.4) is 0 Å². The lowest BCUT2D eigenvalue weighted by Crippen LogP contribution is -2.47. The Balaban J connectivity index is 0.00000364. The first-order chi connectivity index (χ1) is 12.3. The predicted molar refractivity (Wildman–Crippen MR) is 117 cm³/mol. The van der Waals surface area contributed by atoms with Gasteiger partial charge in [0.15, 0.2) is 17.6 Å². The highest BCUT2D eigenvalue weighted by atomic mass is 127. The molecule has 0 aromatic carbocycles. The van der Waals surface area contributed by atoms with Crippen LogP contribution >= 0.6 is 24.0 Å². The molecule has 0 saturated carbocycles. The highest BCUT2D eigenvalue weighted by Gasteiger charge is 2.26. The van der Waals surface area contributed by atoms with Crippen molar-refractivity contribution in [1.29, 1.82) is 0 Å².